The van der Waals surface area contributed by atoms with Gasteiger partial charge in [-0.15, -0.1) is 11.3 Å². The Morgan fingerprint density at radius 1 is 1.08 bits per heavy atom. The van der Waals surface area contributed by atoms with Crippen LogP contribution in [0.4, 0.5) is 5.95 Å². The molecule has 134 valence electrons. The summed E-state index contributed by atoms with van der Waals surface area (Å²) < 4.78 is 0. The minimum absolute atomic E-state index is 0.654. The molecule has 0 spiro atoms. The second-order valence-corrected chi connectivity index (χ2v) is 8.59. The van der Waals surface area contributed by atoms with E-state index in [1.165, 1.54) is 31.4 Å². The average Bonchev–Trinajstić information content (AvgIpc) is 3.41. The number of hydrogen-bond acceptors (Lipinski definition) is 7. The van der Waals surface area contributed by atoms with E-state index in [0.717, 1.165) is 41.8 Å². The van der Waals surface area contributed by atoms with E-state index in [4.69, 9.17) is 9.97 Å². The van der Waals surface area contributed by atoms with Crippen LogP contribution in [0.2, 0.25) is 0 Å². The van der Waals surface area contributed by atoms with Crippen molar-refractivity contribution in [3.63, 3.8) is 0 Å². The maximum atomic E-state index is 4.98. The molecule has 5 heterocycles. The smallest absolute Gasteiger partial charge is 0.226 e. The Labute approximate surface area is 161 Å². The van der Waals surface area contributed by atoms with E-state index in [9.17, 15) is 0 Å². The van der Waals surface area contributed by atoms with E-state index in [0.29, 0.717) is 6.04 Å². The van der Waals surface area contributed by atoms with E-state index < -0.39 is 0 Å². The van der Waals surface area contributed by atoms with Gasteiger partial charge in [-0.25, -0.2) is 15.0 Å². The van der Waals surface area contributed by atoms with Gasteiger partial charge in [-0.2, -0.15) is 11.3 Å². The molecule has 2 fully saturated rings. The Morgan fingerprint density at radius 3 is 2.92 bits per heavy atom. The molecule has 2 saturated heterocycles. The molecule has 0 N–H and O–H groups in total. The summed E-state index contributed by atoms with van der Waals surface area (Å²) in [5.41, 5.74) is 3.19. The van der Waals surface area contributed by atoms with Gasteiger partial charge >= 0.3 is 0 Å². The quantitative estimate of drug-likeness (QED) is 0.684. The number of nitrogens with zero attached hydrogens (tertiary/aromatic N) is 5. The number of rotatable bonds is 3. The molecule has 3 aromatic heterocycles. The summed E-state index contributed by atoms with van der Waals surface area (Å²) >= 11 is 3.33. The zero-order valence-electron chi connectivity index (χ0n) is 14.5. The summed E-state index contributed by atoms with van der Waals surface area (Å²) in [6, 6.07) is 2.78. The van der Waals surface area contributed by atoms with E-state index in [1.54, 1.807) is 22.7 Å². The summed E-state index contributed by atoms with van der Waals surface area (Å²) in [6.07, 6.45) is 7.81. The molecule has 0 aromatic carbocycles. The van der Waals surface area contributed by atoms with Gasteiger partial charge in [-0.3, -0.25) is 4.90 Å². The van der Waals surface area contributed by atoms with Crippen molar-refractivity contribution in [2.75, 3.05) is 31.1 Å². The van der Waals surface area contributed by atoms with Crippen molar-refractivity contribution in [1.29, 1.82) is 0 Å². The Kier molecular flexibility index (Phi) is 4.44. The van der Waals surface area contributed by atoms with Gasteiger partial charge in [0.05, 0.1) is 0 Å². The van der Waals surface area contributed by atoms with Gasteiger partial charge in [0.15, 0.2) is 0 Å². The molecule has 5 nitrogen and oxygen atoms in total. The number of anilines is 1. The fraction of sp³-hybridized carbons (Fsp3) is 0.421. The number of piperazine rings is 1. The predicted molar refractivity (Wildman–Crippen MR) is 108 cm³/mol. The Bertz CT molecular complexity index is 862. The van der Waals surface area contributed by atoms with Crippen LogP contribution in [-0.4, -0.2) is 52.1 Å². The summed E-state index contributed by atoms with van der Waals surface area (Å²) in [4.78, 5) is 19.2. The Hall–Kier alpha value is -1.83. The molecular weight excluding hydrogens is 362 g/mol. The predicted octanol–water partition coefficient (Wildman–Crippen LogP) is 4.00. The topological polar surface area (TPSA) is 45.2 Å². The lowest BCUT2D eigenvalue weighted by atomic mass is 10.00. The molecular formula is C19H21N5S2. The van der Waals surface area contributed by atoms with Crippen molar-refractivity contribution in [2.45, 2.75) is 25.3 Å². The van der Waals surface area contributed by atoms with Crippen LogP contribution < -0.4 is 4.90 Å². The second kappa shape index (κ2) is 7.06. The van der Waals surface area contributed by atoms with Crippen LogP contribution in [0.5, 0.6) is 0 Å². The van der Waals surface area contributed by atoms with E-state index in [1.807, 2.05) is 17.8 Å². The van der Waals surface area contributed by atoms with Crippen LogP contribution in [-0.2, 0) is 0 Å². The molecule has 1 atom stereocenters. The maximum Gasteiger partial charge on any atom is 0.226 e. The fourth-order valence-corrected chi connectivity index (χ4v) is 5.29. The molecule has 0 amide bonds. The molecule has 0 bridgehead atoms. The number of thiophene rings is 1. The van der Waals surface area contributed by atoms with E-state index in [-0.39, 0.29) is 0 Å². The summed E-state index contributed by atoms with van der Waals surface area (Å²) in [5.74, 6) is 0.847. The first-order valence-corrected chi connectivity index (χ1v) is 11.0. The number of thiazole rings is 1. The standard InChI is InChI=1S/C19H21N5S2/c1-2-6-23-7-8-24(12-15(23)3-1)19-21-11-16(14-4-9-25-13-14)17(22-19)18-20-5-10-26-18/h4-5,9-11,13,15H,1-3,6-8,12H2/t15-/m1/s1. The zero-order chi connectivity index (χ0) is 17.3. The molecule has 2 aliphatic rings. The summed E-state index contributed by atoms with van der Waals surface area (Å²) in [7, 11) is 0. The first kappa shape index (κ1) is 16.4. The highest BCUT2D eigenvalue weighted by Crippen LogP contribution is 2.34. The van der Waals surface area contributed by atoms with E-state index >= 15 is 0 Å². The molecule has 5 rings (SSSR count). The van der Waals surface area contributed by atoms with Gasteiger partial charge in [0.2, 0.25) is 5.95 Å². The van der Waals surface area contributed by atoms with Crippen molar-refractivity contribution < 1.29 is 0 Å². The molecule has 26 heavy (non-hydrogen) atoms. The Balaban J connectivity index is 1.49. The number of fused-ring (bicyclic) bond motifs is 1. The highest BCUT2D eigenvalue weighted by molar-refractivity contribution is 7.13. The van der Waals surface area contributed by atoms with Crippen molar-refractivity contribution in [1.82, 2.24) is 19.9 Å². The minimum atomic E-state index is 0.654. The fourth-order valence-electron chi connectivity index (χ4n) is 3.99. The number of hydrogen-bond donors (Lipinski definition) is 0. The van der Waals surface area contributed by atoms with Gasteiger partial charge in [-0.05, 0) is 41.8 Å². The third-order valence-electron chi connectivity index (χ3n) is 5.36. The average molecular weight is 384 g/mol. The lowest BCUT2D eigenvalue weighted by Crippen LogP contribution is -2.55. The van der Waals surface area contributed by atoms with Crippen LogP contribution in [0.25, 0.3) is 21.8 Å². The lowest BCUT2D eigenvalue weighted by Gasteiger charge is -2.44. The molecule has 7 heteroatoms. The van der Waals surface area contributed by atoms with Gasteiger partial charge in [0.1, 0.15) is 10.7 Å². The summed E-state index contributed by atoms with van der Waals surface area (Å²) in [5, 5.41) is 7.22. The van der Waals surface area contributed by atoms with Gasteiger partial charge in [0, 0.05) is 49.0 Å². The third-order valence-corrected chi connectivity index (χ3v) is 6.83. The number of aromatic nitrogens is 3. The molecule has 0 unspecified atom stereocenters. The maximum absolute atomic E-state index is 4.98. The van der Waals surface area contributed by atoms with Gasteiger partial charge in [-0.1, -0.05) is 6.42 Å². The van der Waals surface area contributed by atoms with Gasteiger partial charge in [0.25, 0.3) is 0 Å². The van der Waals surface area contributed by atoms with Crippen LogP contribution in [0.1, 0.15) is 19.3 Å². The van der Waals surface area contributed by atoms with E-state index in [2.05, 4.69) is 31.6 Å². The first-order valence-electron chi connectivity index (χ1n) is 9.17. The monoisotopic (exact) mass is 383 g/mol. The van der Waals surface area contributed by atoms with Crippen molar-refractivity contribution in [3.05, 3.63) is 34.6 Å². The normalized spacial score (nSPS) is 20.9. The second-order valence-electron chi connectivity index (χ2n) is 6.91. The van der Waals surface area contributed by atoms with Crippen molar-refractivity contribution in [2.24, 2.45) is 0 Å². The largest absolute Gasteiger partial charge is 0.338 e. The molecule has 0 saturated carbocycles. The Morgan fingerprint density at radius 2 is 2.08 bits per heavy atom. The van der Waals surface area contributed by atoms with Crippen LogP contribution >= 0.6 is 22.7 Å². The lowest BCUT2D eigenvalue weighted by molar-refractivity contribution is 0.133. The third kappa shape index (κ3) is 3.04. The van der Waals surface area contributed by atoms with Gasteiger partial charge < -0.3 is 4.90 Å². The zero-order valence-corrected chi connectivity index (χ0v) is 16.2. The summed E-state index contributed by atoms with van der Waals surface area (Å²) in [6.45, 7) is 4.41. The van der Waals surface area contributed by atoms with Crippen molar-refractivity contribution in [3.8, 4) is 21.8 Å². The molecule has 0 aliphatic carbocycles. The SMILES string of the molecule is c1csc(-c2nc(N3CCN4CCCC[C@@H]4C3)ncc2-c2ccsc2)n1. The molecule has 3 aromatic rings. The first-order chi connectivity index (χ1) is 12.9. The molecule has 0 radical (unpaired) electrons. The van der Waals surface area contributed by atoms with Crippen LogP contribution in [0, 0.1) is 0 Å². The molecule has 2 aliphatic heterocycles. The number of piperidine rings is 1. The highest BCUT2D eigenvalue weighted by atomic mass is 32.1. The van der Waals surface area contributed by atoms with Crippen LogP contribution in [0.3, 0.4) is 0 Å². The van der Waals surface area contributed by atoms with Crippen LogP contribution in [0.15, 0.2) is 34.6 Å². The van der Waals surface area contributed by atoms with Crippen molar-refractivity contribution >= 4 is 28.6 Å². The highest BCUT2D eigenvalue weighted by Gasteiger charge is 2.30. The minimum Gasteiger partial charge on any atom is -0.338 e.